The van der Waals surface area contributed by atoms with Crippen LogP contribution in [0.3, 0.4) is 0 Å². The monoisotopic (exact) mass is 280 g/mol. The van der Waals surface area contributed by atoms with Gasteiger partial charge in [-0.3, -0.25) is 0 Å². The van der Waals surface area contributed by atoms with Crippen molar-refractivity contribution in [2.45, 2.75) is 45.1 Å². The van der Waals surface area contributed by atoms with Gasteiger partial charge in [-0.1, -0.05) is 55.5 Å². The molecule has 0 spiro atoms. The fourth-order valence-electron chi connectivity index (χ4n) is 3.44. The highest BCUT2D eigenvalue weighted by Crippen LogP contribution is 2.35. The summed E-state index contributed by atoms with van der Waals surface area (Å²) in [6.45, 7) is 2.18. The van der Waals surface area contributed by atoms with Gasteiger partial charge < -0.3 is 5.11 Å². The van der Waals surface area contributed by atoms with Crippen LogP contribution in [0.2, 0.25) is 0 Å². The summed E-state index contributed by atoms with van der Waals surface area (Å²) in [4.78, 5) is 0. The zero-order chi connectivity index (χ0) is 14.7. The lowest BCUT2D eigenvalue weighted by atomic mass is 9.88. The van der Waals surface area contributed by atoms with Crippen LogP contribution in [0.1, 0.15) is 48.1 Å². The van der Waals surface area contributed by atoms with Gasteiger partial charge in [0.2, 0.25) is 0 Å². The molecule has 0 amide bonds. The molecular formula is C20H24O. The van der Waals surface area contributed by atoms with Gasteiger partial charge >= 0.3 is 0 Å². The molecule has 0 aromatic heterocycles. The van der Waals surface area contributed by atoms with Crippen LogP contribution in [0, 0.1) is 5.92 Å². The summed E-state index contributed by atoms with van der Waals surface area (Å²) in [6, 6.07) is 17.3. The molecule has 2 aromatic rings. The Hall–Kier alpha value is -1.60. The molecule has 0 aliphatic heterocycles. The Morgan fingerprint density at radius 1 is 1.00 bits per heavy atom. The number of aryl methyl sites for hydroxylation is 2. The maximum atomic E-state index is 10.8. The second kappa shape index (κ2) is 6.44. The quantitative estimate of drug-likeness (QED) is 0.822. The van der Waals surface area contributed by atoms with E-state index in [4.69, 9.17) is 0 Å². The molecule has 0 saturated heterocycles. The Morgan fingerprint density at radius 2 is 1.71 bits per heavy atom. The van der Waals surface area contributed by atoms with E-state index in [1.54, 1.807) is 0 Å². The van der Waals surface area contributed by atoms with Crippen molar-refractivity contribution in [3.8, 4) is 0 Å². The summed E-state index contributed by atoms with van der Waals surface area (Å²) in [6.07, 6.45) is 5.10. The van der Waals surface area contributed by atoms with Crippen molar-refractivity contribution in [3.63, 3.8) is 0 Å². The van der Waals surface area contributed by atoms with Crippen molar-refractivity contribution in [1.29, 1.82) is 0 Å². The topological polar surface area (TPSA) is 20.2 Å². The third-order valence-electron chi connectivity index (χ3n) is 4.77. The van der Waals surface area contributed by atoms with Crippen LogP contribution in [-0.2, 0) is 19.3 Å². The molecule has 1 N–H and O–H groups in total. The number of aliphatic hydroxyl groups excluding tert-OH is 1. The van der Waals surface area contributed by atoms with Crippen LogP contribution >= 0.6 is 0 Å². The lowest BCUT2D eigenvalue weighted by Crippen LogP contribution is -2.14. The highest BCUT2D eigenvalue weighted by molar-refractivity contribution is 5.31. The molecule has 1 nitrogen and oxygen atoms in total. The van der Waals surface area contributed by atoms with Gasteiger partial charge in [-0.2, -0.15) is 0 Å². The summed E-state index contributed by atoms with van der Waals surface area (Å²) in [7, 11) is 0. The highest BCUT2D eigenvalue weighted by atomic mass is 16.3. The molecule has 0 fully saturated rings. The first-order valence-corrected chi connectivity index (χ1v) is 8.11. The van der Waals surface area contributed by atoms with E-state index in [1.165, 1.54) is 23.1 Å². The van der Waals surface area contributed by atoms with Gasteiger partial charge in [-0.05, 0) is 60.3 Å². The van der Waals surface area contributed by atoms with Gasteiger partial charge in [0.1, 0.15) is 0 Å². The molecule has 0 heterocycles. The van der Waals surface area contributed by atoms with E-state index >= 15 is 0 Å². The minimum atomic E-state index is -0.324. The Bertz CT molecular complexity index is 585. The number of hydrogen-bond donors (Lipinski definition) is 1. The lowest BCUT2D eigenvalue weighted by molar-refractivity contribution is 0.105. The van der Waals surface area contributed by atoms with E-state index in [-0.39, 0.29) is 6.10 Å². The zero-order valence-corrected chi connectivity index (χ0v) is 12.8. The van der Waals surface area contributed by atoms with Crippen LogP contribution in [-0.4, -0.2) is 5.11 Å². The molecule has 0 saturated carbocycles. The molecule has 2 unspecified atom stereocenters. The molecular weight excluding hydrogens is 256 g/mol. The molecule has 0 radical (unpaired) electrons. The second-order valence-corrected chi connectivity index (χ2v) is 6.17. The summed E-state index contributed by atoms with van der Waals surface area (Å²) >= 11 is 0. The summed E-state index contributed by atoms with van der Waals surface area (Å²) in [5.74, 6) is 0.334. The van der Waals surface area contributed by atoms with E-state index in [9.17, 15) is 5.11 Å². The van der Waals surface area contributed by atoms with Gasteiger partial charge in [-0.25, -0.2) is 0 Å². The molecule has 1 aliphatic carbocycles. The zero-order valence-electron chi connectivity index (χ0n) is 12.8. The van der Waals surface area contributed by atoms with E-state index in [1.807, 2.05) is 6.07 Å². The average Bonchev–Trinajstić information content (AvgIpc) is 2.69. The van der Waals surface area contributed by atoms with E-state index < -0.39 is 0 Å². The standard InChI is InChI=1S/C20H24O/c1-2-15-10-12-16(13-11-15)14-18-8-5-7-17-6-3-4-9-19(17)20(18)21/h3-4,6,9-13,18,20-21H,2,5,7-8,14H2,1H3. The molecule has 1 aliphatic rings. The van der Waals surface area contributed by atoms with Crippen LogP contribution in [0.5, 0.6) is 0 Å². The number of fused-ring (bicyclic) bond motifs is 1. The van der Waals surface area contributed by atoms with Crippen molar-refractivity contribution >= 4 is 0 Å². The van der Waals surface area contributed by atoms with Gasteiger partial charge in [0.25, 0.3) is 0 Å². The highest BCUT2D eigenvalue weighted by Gasteiger charge is 2.25. The van der Waals surface area contributed by atoms with E-state index in [0.717, 1.165) is 31.2 Å². The van der Waals surface area contributed by atoms with Crippen LogP contribution in [0.15, 0.2) is 48.5 Å². The average molecular weight is 280 g/mol. The SMILES string of the molecule is CCc1ccc(CC2CCCc3ccccc3C2O)cc1. The summed E-state index contributed by atoms with van der Waals surface area (Å²) in [5.41, 5.74) is 5.19. The third kappa shape index (κ3) is 3.19. The van der Waals surface area contributed by atoms with E-state index in [0.29, 0.717) is 5.92 Å². The molecule has 3 rings (SSSR count). The maximum absolute atomic E-state index is 10.8. The number of rotatable bonds is 3. The summed E-state index contributed by atoms with van der Waals surface area (Å²) < 4.78 is 0. The van der Waals surface area contributed by atoms with Crippen molar-refractivity contribution in [2.75, 3.05) is 0 Å². The minimum Gasteiger partial charge on any atom is -0.388 e. The maximum Gasteiger partial charge on any atom is 0.0824 e. The van der Waals surface area contributed by atoms with Gasteiger partial charge in [-0.15, -0.1) is 0 Å². The molecule has 21 heavy (non-hydrogen) atoms. The van der Waals surface area contributed by atoms with Gasteiger partial charge in [0.05, 0.1) is 6.10 Å². The lowest BCUT2D eigenvalue weighted by Gasteiger charge is -2.22. The number of aliphatic hydroxyl groups is 1. The third-order valence-corrected chi connectivity index (χ3v) is 4.77. The van der Waals surface area contributed by atoms with Gasteiger partial charge in [0.15, 0.2) is 0 Å². The summed E-state index contributed by atoms with van der Waals surface area (Å²) in [5, 5.41) is 10.8. The normalized spacial score (nSPS) is 21.6. The Balaban J connectivity index is 1.78. The predicted molar refractivity (Wildman–Crippen MR) is 87.4 cm³/mol. The van der Waals surface area contributed by atoms with Crippen molar-refractivity contribution in [1.82, 2.24) is 0 Å². The smallest absolute Gasteiger partial charge is 0.0824 e. The first-order chi connectivity index (χ1) is 10.3. The molecule has 2 atom stereocenters. The predicted octanol–water partition coefficient (Wildman–Crippen LogP) is 4.48. The van der Waals surface area contributed by atoms with Crippen LogP contribution in [0.25, 0.3) is 0 Å². The van der Waals surface area contributed by atoms with Crippen molar-refractivity contribution in [3.05, 3.63) is 70.8 Å². The Morgan fingerprint density at radius 3 is 2.48 bits per heavy atom. The fourth-order valence-corrected chi connectivity index (χ4v) is 3.44. The minimum absolute atomic E-state index is 0.324. The van der Waals surface area contributed by atoms with Crippen LogP contribution < -0.4 is 0 Å². The molecule has 2 aromatic carbocycles. The van der Waals surface area contributed by atoms with Crippen LogP contribution in [0.4, 0.5) is 0 Å². The first kappa shape index (κ1) is 14.3. The number of benzene rings is 2. The van der Waals surface area contributed by atoms with Crippen molar-refractivity contribution in [2.24, 2.45) is 5.92 Å². The Labute approximate surface area is 127 Å². The van der Waals surface area contributed by atoms with E-state index in [2.05, 4.69) is 49.4 Å². The number of hydrogen-bond acceptors (Lipinski definition) is 1. The second-order valence-electron chi connectivity index (χ2n) is 6.17. The molecule has 110 valence electrons. The van der Waals surface area contributed by atoms with Crippen molar-refractivity contribution < 1.29 is 5.11 Å². The molecule has 1 heteroatoms. The fraction of sp³-hybridized carbons (Fsp3) is 0.400. The van der Waals surface area contributed by atoms with Gasteiger partial charge in [0, 0.05) is 0 Å². The largest absolute Gasteiger partial charge is 0.388 e. The first-order valence-electron chi connectivity index (χ1n) is 8.11. The Kier molecular flexibility index (Phi) is 4.40. The molecule has 0 bridgehead atoms.